The summed E-state index contributed by atoms with van der Waals surface area (Å²) in [6, 6.07) is 13.5. The summed E-state index contributed by atoms with van der Waals surface area (Å²) < 4.78 is 6.26. The zero-order chi connectivity index (χ0) is 22.0. The van der Waals surface area contributed by atoms with Gasteiger partial charge in [0.25, 0.3) is 11.1 Å². The van der Waals surface area contributed by atoms with E-state index < -0.39 is 11.1 Å². The first-order chi connectivity index (χ1) is 15.0. The molecular weight excluding hydrogens is 480 g/mol. The lowest BCUT2D eigenvalue weighted by Crippen LogP contribution is -2.44. The molecule has 1 fully saturated rings. The van der Waals surface area contributed by atoms with Crippen molar-refractivity contribution in [3.05, 3.63) is 68.5 Å². The fourth-order valence-electron chi connectivity index (χ4n) is 3.61. The van der Waals surface area contributed by atoms with Crippen LogP contribution in [0, 0.1) is 0 Å². The van der Waals surface area contributed by atoms with Gasteiger partial charge in [0, 0.05) is 13.1 Å². The minimum Gasteiger partial charge on any atom is -0.493 e. The van der Waals surface area contributed by atoms with Crippen LogP contribution in [0.3, 0.4) is 0 Å². The first kappa shape index (κ1) is 21.6. The molecule has 4 rings (SSSR count). The van der Waals surface area contributed by atoms with Crippen molar-refractivity contribution in [1.82, 2.24) is 9.80 Å². The fourth-order valence-corrected chi connectivity index (χ4v) is 4.96. The van der Waals surface area contributed by atoms with Crippen molar-refractivity contribution in [2.45, 2.75) is 19.9 Å². The largest absolute Gasteiger partial charge is 0.493 e. The Bertz CT molecular complexity index is 1080. The van der Waals surface area contributed by atoms with Crippen molar-refractivity contribution >= 4 is 50.8 Å². The molecule has 3 amide bonds. The van der Waals surface area contributed by atoms with Crippen LogP contribution in [0.5, 0.6) is 5.75 Å². The third-order valence-electron chi connectivity index (χ3n) is 5.20. The third-order valence-corrected chi connectivity index (χ3v) is 6.73. The number of benzene rings is 2. The van der Waals surface area contributed by atoms with Gasteiger partial charge in [-0.25, -0.2) is 0 Å². The van der Waals surface area contributed by atoms with Crippen molar-refractivity contribution in [3.63, 3.8) is 0 Å². The number of amides is 3. The Morgan fingerprint density at radius 2 is 1.97 bits per heavy atom. The van der Waals surface area contributed by atoms with Gasteiger partial charge in [-0.2, -0.15) is 0 Å². The molecule has 1 saturated heterocycles. The number of nitrogens with zero attached hydrogens (tertiary/aromatic N) is 2. The number of hydrogen-bond donors (Lipinski definition) is 0. The van der Waals surface area contributed by atoms with E-state index in [1.807, 2.05) is 37.3 Å². The second kappa shape index (κ2) is 9.28. The molecule has 0 spiro atoms. The number of fused-ring (bicyclic) bond motifs is 1. The van der Waals surface area contributed by atoms with Crippen molar-refractivity contribution in [2.75, 3.05) is 19.7 Å². The molecule has 2 aromatic rings. The molecule has 8 heteroatoms. The highest BCUT2D eigenvalue weighted by molar-refractivity contribution is 9.10. The van der Waals surface area contributed by atoms with E-state index in [1.165, 1.54) is 5.56 Å². The molecule has 0 bridgehead atoms. The van der Waals surface area contributed by atoms with E-state index in [0.717, 1.165) is 38.7 Å². The Labute approximate surface area is 193 Å². The van der Waals surface area contributed by atoms with E-state index >= 15 is 0 Å². The van der Waals surface area contributed by atoms with Crippen molar-refractivity contribution in [3.8, 4) is 5.75 Å². The first-order valence-corrected chi connectivity index (χ1v) is 11.6. The summed E-state index contributed by atoms with van der Waals surface area (Å²) in [4.78, 5) is 41.1. The van der Waals surface area contributed by atoms with Crippen LogP contribution in [0.1, 0.15) is 23.6 Å². The minimum absolute atomic E-state index is 0.220. The van der Waals surface area contributed by atoms with E-state index in [0.29, 0.717) is 30.4 Å². The molecule has 6 nitrogen and oxygen atoms in total. The van der Waals surface area contributed by atoms with Crippen LogP contribution in [0.4, 0.5) is 4.79 Å². The molecule has 31 heavy (non-hydrogen) atoms. The topological polar surface area (TPSA) is 66.9 Å². The first-order valence-electron chi connectivity index (χ1n) is 9.98. The van der Waals surface area contributed by atoms with Gasteiger partial charge in [-0.3, -0.25) is 19.3 Å². The highest BCUT2D eigenvalue weighted by Gasteiger charge is 2.37. The zero-order valence-electron chi connectivity index (χ0n) is 17.0. The number of halogens is 1. The predicted molar refractivity (Wildman–Crippen MR) is 124 cm³/mol. The number of carbonyl (C=O) groups is 3. The number of ether oxygens (including phenoxy) is 1. The summed E-state index contributed by atoms with van der Waals surface area (Å²) in [5.74, 6) is 0.0501. The van der Waals surface area contributed by atoms with Crippen LogP contribution in [0.25, 0.3) is 6.08 Å². The molecule has 0 aromatic heterocycles. The number of thioether (sulfide) groups is 1. The van der Waals surface area contributed by atoms with Gasteiger partial charge in [-0.15, -0.1) is 0 Å². The van der Waals surface area contributed by atoms with Crippen LogP contribution in [-0.2, 0) is 22.6 Å². The Balaban J connectivity index is 1.44. The summed E-state index contributed by atoms with van der Waals surface area (Å²) in [7, 11) is 0. The Morgan fingerprint density at radius 3 is 2.71 bits per heavy atom. The van der Waals surface area contributed by atoms with Gasteiger partial charge in [0.15, 0.2) is 0 Å². The lowest BCUT2D eigenvalue weighted by molar-refractivity contribution is -0.136. The summed E-state index contributed by atoms with van der Waals surface area (Å²) in [5.41, 5.74) is 3.11. The standard InChI is InChI=1S/C23H21BrN2O4S/c1-2-30-19-8-7-15(11-18(19)24)12-20-22(28)26(23(29)31-20)14-21(27)25-10-9-16-5-3-4-6-17(16)13-25/h3-8,11-12H,2,9-10,13-14H2,1H3/b20-12-. The maximum Gasteiger partial charge on any atom is 0.294 e. The van der Waals surface area contributed by atoms with E-state index in [-0.39, 0.29) is 12.5 Å². The number of rotatable bonds is 5. The molecular formula is C23H21BrN2O4S. The SMILES string of the molecule is CCOc1ccc(/C=C2\SC(=O)N(CC(=O)N3CCc4ccccc4C3)C2=O)cc1Br. The Kier molecular flexibility index (Phi) is 6.48. The molecule has 2 heterocycles. The Morgan fingerprint density at radius 1 is 1.19 bits per heavy atom. The van der Waals surface area contributed by atoms with Gasteiger partial charge in [0.05, 0.1) is 16.0 Å². The molecule has 0 radical (unpaired) electrons. The summed E-state index contributed by atoms with van der Waals surface area (Å²) in [5, 5.41) is -0.424. The average molecular weight is 501 g/mol. The van der Waals surface area contributed by atoms with E-state index in [2.05, 4.69) is 22.0 Å². The highest BCUT2D eigenvalue weighted by Crippen LogP contribution is 2.34. The maximum atomic E-state index is 12.8. The molecule has 2 aliphatic heterocycles. The van der Waals surface area contributed by atoms with Crippen molar-refractivity contribution in [1.29, 1.82) is 0 Å². The molecule has 0 unspecified atom stereocenters. The van der Waals surface area contributed by atoms with E-state index in [4.69, 9.17) is 4.74 Å². The summed E-state index contributed by atoms with van der Waals surface area (Å²) in [6.45, 7) is 3.30. The van der Waals surface area contributed by atoms with E-state index in [1.54, 1.807) is 17.0 Å². The van der Waals surface area contributed by atoms with Gasteiger partial charge >= 0.3 is 0 Å². The van der Waals surface area contributed by atoms with Gasteiger partial charge < -0.3 is 9.64 Å². The summed E-state index contributed by atoms with van der Waals surface area (Å²) in [6.07, 6.45) is 2.43. The lowest BCUT2D eigenvalue weighted by Gasteiger charge is -2.29. The van der Waals surface area contributed by atoms with Crippen LogP contribution in [-0.4, -0.2) is 46.5 Å². The van der Waals surface area contributed by atoms with Crippen LogP contribution in [0.15, 0.2) is 51.8 Å². The van der Waals surface area contributed by atoms with Crippen LogP contribution >= 0.6 is 27.7 Å². The number of hydrogen-bond acceptors (Lipinski definition) is 5. The molecule has 0 aliphatic carbocycles. The molecule has 2 aliphatic rings. The molecule has 0 atom stereocenters. The molecule has 0 N–H and O–H groups in total. The normalized spacial score (nSPS) is 17.3. The van der Waals surface area contributed by atoms with Gasteiger partial charge in [0.1, 0.15) is 12.3 Å². The highest BCUT2D eigenvalue weighted by atomic mass is 79.9. The second-order valence-electron chi connectivity index (χ2n) is 7.22. The van der Waals surface area contributed by atoms with Crippen molar-refractivity contribution in [2.24, 2.45) is 0 Å². The second-order valence-corrected chi connectivity index (χ2v) is 9.07. The number of carbonyl (C=O) groups excluding carboxylic acids is 3. The summed E-state index contributed by atoms with van der Waals surface area (Å²) >= 11 is 4.31. The lowest BCUT2D eigenvalue weighted by atomic mass is 10.00. The predicted octanol–water partition coefficient (Wildman–Crippen LogP) is 4.47. The van der Waals surface area contributed by atoms with Gasteiger partial charge in [0.2, 0.25) is 5.91 Å². The smallest absolute Gasteiger partial charge is 0.294 e. The molecule has 0 saturated carbocycles. The minimum atomic E-state index is -0.439. The monoisotopic (exact) mass is 500 g/mol. The van der Waals surface area contributed by atoms with E-state index in [9.17, 15) is 14.4 Å². The third kappa shape index (κ3) is 4.70. The number of imide groups is 1. The van der Waals surface area contributed by atoms with Gasteiger partial charge in [-0.05, 0) is 75.9 Å². The van der Waals surface area contributed by atoms with Crippen LogP contribution in [0.2, 0.25) is 0 Å². The maximum absolute atomic E-state index is 12.8. The van der Waals surface area contributed by atoms with Crippen LogP contribution < -0.4 is 4.74 Å². The molecule has 160 valence electrons. The zero-order valence-corrected chi connectivity index (χ0v) is 19.4. The van der Waals surface area contributed by atoms with Crippen molar-refractivity contribution < 1.29 is 19.1 Å². The quantitative estimate of drug-likeness (QED) is 0.566. The molecule has 2 aromatic carbocycles. The Hall–Kier alpha value is -2.58. The average Bonchev–Trinajstić information content (AvgIpc) is 3.02. The van der Waals surface area contributed by atoms with Gasteiger partial charge in [-0.1, -0.05) is 30.3 Å². The fraction of sp³-hybridized carbons (Fsp3) is 0.261.